The first kappa shape index (κ1) is 57.4. The molecule has 0 spiro atoms. The third kappa shape index (κ3) is 8.63. The van der Waals surface area contributed by atoms with Crippen molar-refractivity contribution in [2.45, 2.75) is 10.8 Å². The van der Waals surface area contributed by atoms with Gasteiger partial charge in [0.15, 0.2) is 0 Å². The number of aromatic nitrogens is 2. The average Bonchev–Trinajstić information content (AvgIpc) is 1.54. The van der Waals surface area contributed by atoms with Gasteiger partial charge in [0, 0.05) is 22.3 Å². The Balaban J connectivity index is 0.865. The zero-order valence-electron chi connectivity index (χ0n) is 54.7. The minimum atomic E-state index is -0.613. The molecule has 2 nitrogen and oxygen atoms in total. The maximum Gasteiger partial charge on any atom is 0.0979 e. The van der Waals surface area contributed by atoms with Crippen molar-refractivity contribution in [1.29, 1.82) is 0 Å². The van der Waals surface area contributed by atoms with Crippen LogP contribution in [0.3, 0.4) is 0 Å². The van der Waals surface area contributed by atoms with E-state index in [1.165, 1.54) is 121 Å². The van der Waals surface area contributed by atoms with Gasteiger partial charge in [0.25, 0.3) is 0 Å². The van der Waals surface area contributed by atoms with Crippen LogP contribution < -0.4 is 0 Å². The van der Waals surface area contributed by atoms with Crippen molar-refractivity contribution in [1.82, 2.24) is 9.97 Å². The fourth-order valence-electron chi connectivity index (χ4n) is 17.5. The molecule has 0 bridgehead atoms. The second-order valence-corrected chi connectivity index (χ2v) is 26.9. The summed E-state index contributed by atoms with van der Waals surface area (Å²) in [6.07, 6.45) is 0. The first-order chi connectivity index (χ1) is 49.6. The van der Waals surface area contributed by atoms with E-state index in [2.05, 4.69) is 376 Å². The summed E-state index contributed by atoms with van der Waals surface area (Å²) < 4.78 is 0. The van der Waals surface area contributed by atoms with Gasteiger partial charge in [-0.1, -0.05) is 352 Å². The molecule has 0 unspecified atom stereocenters. The molecule has 20 rings (SSSR count). The lowest BCUT2D eigenvalue weighted by atomic mass is 9.67. The zero-order chi connectivity index (χ0) is 65.9. The third-order valence-corrected chi connectivity index (χ3v) is 21.8. The minimum absolute atomic E-state index is 0.613. The summed E-state index contributed by atoms with van der Waals surface area (Å²) in [5.74, 6) is 0. The molecule has 0 amide bonds. The summed E-state index contributed by atoms with van der Waals surface area (Å²) in [6, 6.07) is 139. The molecule has 0 atom stereocenters. The van der Waals surface area contributed by atoms with E-state index in [0.717, 1.165) is 66.9 Å². The highest BCUT2D eigenvalue weighted by molar-refractivity contribution is 6.14. The first-order valence-electron chi connectivity index (χ1n) is 34.7. The fourth-order valence-corrected chi connectivity index (χ4v) is 17.5. The number of nitrogens with zero attached hydrogens (tertiary/aromatic N) is 2. The molecule has 0 aliphatic heterocycles. The molecule has 0 saturated heterocycles. The van der Waals surface area contributed by atoms with E-state index in [1.807, 2.05) is 0 Å². The molecule has 1 aromatic heterocycles. The predicted molar refractivity (Wildman–Crippen MR) is 417 cm³/mol. The van der Waals surface area contributed by atoms with Crippen molar-refractivity contribution >= 4 is 54.1 Å². The summed E-state index contributed by atoms with van der Waals surface area (Å²) in [4.78, 5) is 12.4. The lowest BCUT2D eigenvalue weighted by Crippen LogP contribution is -2.28. The molecule has 2 heteroatoms. The molecule has 0 radical (unpaired) electrons. The van der Waals surface area contributed by atoms with Crippen LogP contribution in [0.25, 0.3) is 143 Å². The van der Waals surface area contributed by atoms with E-state index >= 15 is 0 Å². The van der Waals surface area contributed by atoms with Crippen LogP contribution >= 0.6 is 0 Å². The molecular formula is C98H62N2. The number of benzene rings is 17. The quantitative estimate of drug-likeness (QED) is 0.128. The average molecular weight is 1270 g/mol. The molecule has 0 saturated carbocycles. The topological polar surface area (TPSA) is 25.8 Å². The maximum atomic E-state index is 6.20. The van der Waals surface area contributed by atoms with E-state index in [0.29, 0.717) is 0 Å². The molecule has 0 N–H and O–H groups in total. The van der Waals surface area contributed by atoms with E-state index < -0.39 is 10.8 Å². The highest BCUT2D eigenvalue weighted by Crippen LogP contribution is 2.59. The van der Waals surface area contributed by atoms with Gasteiger partial charge in [-0.2, -0.15) is 0 Å². The lowest BCUT2D eigenvalue weighted by molar-refractivity contribution is 0.769. The summed E-state index contributed by atoms with van der Waals surface area (Å²) >= 11 is 0. The van der Waals surface area contributed by atoms with Crippen LogP contribution in [0.2, 0.25) is 0 Å². The fraction of sp³-hybridized carbons (Fsp3) is 0.0204. The normalized spacial score (nSPS) is 13.2. The molecule has 2 aliphatic rings. The molecule has 17 aromatic carbocycles. The maximum absolute atomic E-state index is 6.20. The van der Waals surface area contributed by atoms with Gasteiger partial charge in [0.2, 0.25) is 0 Å². The Morgan fingerprint density at radius 2 is 0.440 bits per heavy atom. The van der Waals surface area contributed by atoms with Crippen molar-refractivity contribution in [2.24, 2.45) is 0 Å². The van der Waals surface area contributed by atoms with Gasteiger partial charge >= 0.3 is 0 Å². The van der Waals surface area contributed by atoms with Crippen LogP contribution in [-0.4, -0.2) is 9.97 Å². The summed E-state index contributed by atoms with van der Waals surface area (Å²) in [5, 5.41) is 9.73. The largest absolute Gasteiger partial charge is 0.243 e. The number of hydrogen-bond donors (Lipinski definition) is 0. The summed E-state index contributed by atoms with van der Waals surface area (Å²) in [7, 11) is 0. The smallest absolute Gasteiger partial charge is 0.0979 e. The Hall–Kier alpha value is -12.9. The van der Waals surface area contributed by atoms with Gasteiger partial charge < -0.3 is 0 Å². The van der Waals surface area contributed by atoms with E-state index in [-0.39, 0.29) is 0 Å². The molecule has 2 aliphatic carbocycles. The zero-order valence-corrected chi connectivity index (χ0v) is 54.7. The molecule has 100 heavy (non-hydrogen) atoms. The van der Waals surface area contributed by atoms with Crippen molar-refractivity contribution < 1.29 is 0 Å². The highest BCUT2D eigenvalue weighted by atomic mass is 14.8. The Labute approximate surface area is 581 Å². The minimum Gasteiger partial charge on any atom is -0.243 e. The predicted octanol–water partition coefficient (Wildman–Crippen LogP) is 25.0. The molecular weight excluding hydrogens is 1210 g/mol. The van der Waals surface area contributed by atoms with Crippen LogP contribution in [0.1, 0.15) is 44.5 Å². The Bertz CT molecular complexity index is 5720. The van der Waals surface area contributed by atoms with Crippen LogP contribution in [0, 0.1) is 0 Å². The van der Waals surface area contributed by atoms with Crippen molar-refractivity contribution in [3.63, 3.8) is 0 Å². The number of rotatable bonds is 10. The third-order valence-electron chi connectivity index (χ3n) is 21.8. The van der Waals surface area contributed by atoms with Gasteiger partial charge in [-0.3, -0.25) is 0 Å². The van der Waals surface area contributed by atoms with Gasteiger partial charge in [-0.15, -0.1) is 0 Å². The van der Waals surface area contributed by atoms with Crippen LogP contribution in [0.15, 0.2) is 376 Å². The number of fused-ring (bicyclic) bond motifs is 11. The molecule has 464 valence electrons. The molecule has 1 heterocycles. The van der Waals surface area contributed by atoms with Crippen LogP contribution in [0.4, 0.5) is 0 Å². The van der Waals surface area contributed by atoms with Crippen molar-refractivity contribution in [2.75, 3.05) is 0 Å². The van der Waals surface area contributed by atoms with Gasteiger partial charge in [0.1, 0.15) is 0 Å². The van der Waals surface area contributed by atoms with Gasteiger partial charge in [-0.05, 0) is 167 Å². The van der Waals surface area contributed by atoms with Gasteiger partial charge in [0.05, 0.1) is 33.3 Å². The van der Waals surface area contributed by atoms with E-state index in [9.17, 15) is 0 Å². The van der Waals surface area contributed by atoms with E-state index in [1.54, 1.807) is 0 Å². The Kier molecular flexibility index (Phi) is 13.1. The standard InChI is InChI=1S/C98H62N2/c1-5-29-73(30-6-1)97(74-31-7-2-8-32-74)87-43-23-21-41-83(87)85-55-53-71(61-89(85)97)81-57-58-82(72-54-56-86-84-42-22-24-44-88(84)98(90(86)62-72,75-33-9-3-10-34-75)76-35-11-4-12-36-76)96-95(81)99-93(65-49-45-63(46-50-65)91-77-37-17-13-25-67(77)59-68-26-14-18-38-78(68)91)94(100-96)66-51-47-64(48-52-66)92-79-39-19-15-27-69(79)60-70-28-16-20-40-80(70)92/h1-62H. The lowest BCUT2D eigenvalue weighted by Gasteiger charge is -2.34. The SMILES string of the molecule is c1ccc(C2(c3ccccc3)c3ccccc3-c3ccc(-c4ccc(-c5ccc6c(c5)C(c5ccccc5)(c5ccccc5)c5ccccc5-6)c5nc(-c6ccc(-c7c8ccccc8cc8ccccc78)cc6)c(-c6ccc(-c7c8ccccc8cc8ccccc78)cc6)nc45)cc32)cc1. The molecule has 18 aromatic rings. The van der Waals surface area contributed by atoms with E-state index in [4.69, 9.17) is 9.97 Å². The Morgan fingerprint density at radius 1 is 0.180 bits per heavy atom. The molecule has 0 fully saturated rings. The monoisotopic (exact) mass is 1270 g/mol. The van der Waals surface area contributed by atoms with Crippen molar-refractivity contribution in [3.8, 4) is 89.3 Å². The summed E-state index contributed by atoms with van der Waals surface area (Å²) in [5.41, 5.74) is 27.6. The van der Waals surface area contributed by atoms with Crippen molar-refractivity contribution in [3.05, 3.63) is 421 Å². The Morgan fingerprint density at radius 3 is 0.780 bits per heavy atom. The van der Waals surface area contributed by atoms with Crippen LogP contribution in [0.5, 0.6) is 0 Å². The van der Waals surface area contributed by atoms with Gasteiger partial charge in [-0.25, -0.2) is 9.97 Å². The summed E-state index contributed by atoms with van der Waals surface area (Å²) in [6.45, 7) is 0. The second kappa shape index (κ2) is 22.9. The first-order valence-corrected chi connectivity index (χ1v) is 34.7. The van der Waals surface area contributed by atoms with Crippen LogP contribution in [-0.2, 0) is 10.8 Å². The number of hydrogen-bond acceptors (Lipinski definition) is 2. The second-order valence-electron chi connectivity index (χ2n) is 26.9. The highest BCUT2D eigenvalue weighted by Gasteiger charge is 2.48.